The Morgan fingerprint density at radius 1 is 1.42 bits per heavy atom. The molecule has 0 atom stereocenters. The van der Waals surface area contributed by atoms with E-state index in [0.717, 1.165) is 18.9 Å². The lowest BCUT2D eigenvalue weighted by atomic mass is 10.1. The van der Waals surface area contributed by atoms with Gasteiger partial charge in [0.15, 0.2) is 0 Å². The summed E-state index contributed by atoms with van der Waals surface area (Å²) in [4.78, 5) is 12.6. The normalized spacial score (nSPS) is 11.2. The lowest BCUT2D eigenvalue weighted by Crippen LogP contribution is -2.31. The first-order valence-corrected chi connectivity index (χ1v) is 6.43. The number of halogens is 1. The van der Waals surface area contributed by atoms with Gasteiger partial charge in [-0.1, -0.05) is 19.9 Å². The molecule has 0 unspecified atom stereocenters. The molecule has 0 aliphatic carbocycles. The lowest BCUT2D eigenvalue weighted by Gasteiger charge is -2.29. The summed E-state index contributed by atoms with van der Waals surface area (Å²) in [5.41, 5.74) is 1.03. The molecule has 104 valence electrons. The Morgan fingerprint density at radius 3 is 2.58 bits per heavy atom. The van der Waals surface area contributed by atoms with E-state index in [0.29, 0.717) is 17.3 Å². The van der Waals surface area contributed by atoms with E-state index >= 15 is 0 Å². The summed E-state index contributed by atoms with van der Waals surface area (Å²) in [5, 5.41) is 8.67. The van der Waals surface area contributed by atoms with Gasteiger partial charge in [-0.2, -0.15) is 0 Å². The van der Waals surface area contributed by atoms with Crippen LogP contribution in [-0.4, -0.2) is 24.2 Å². The van der Waals surface area contributed by atoms with E-state index < -0.39 is 11.8 Å². The fourth-order valence-corrected chi connectivity index (χ4v) is 2.19. The Balaban J connectivity index is 3.19. The average Bonchev–Trinajstić information content (AvgIpc) is 2.38. The molecule has 0 radical (unpaired) electrons. The Hall–Kier alpha value is -1.84. The van der Waals surface area contributed by atoms with Crippen LogP contribution < -0.4 is 4.90 Å². The molecule has 1 aromatic rings. The van der Waals surface area contributed by atoms with Crippen LogP contribution >= 0.6 is 0 Å². The Kier molecular flexibility index (Phi) is 5.55. The van der Waals surface area contributed by atoms with Gasteiger partial charge in [0.2, 0.25) is 0 Å². The molecule has 0 heterocycles. The van der Waals surface area contributed by atoms with Gasteiger partial charge in [0.1, 0.15) is 5.82 Å². The van der Waals surface area contributed by atoms with Crippen LogP contribution in [0.2, 0.25) is 0 Å². The third kappa shape index (κ3) is 3.81. The molecule has 0 aliphatic heterocycles. The van der Waals surface area contributed by atoms with Crippen molar-refractivity contribution >= 4 is 17.7 Å². The summed E-state index contributed by atoms with van der Waals surface area (Å²) in [6.07, 6.45) is 4.17. The van der Waals surface area contributed by atoms with Gasteiger partial charge in [-0.15, -0.1) is 0 Å². The number of carboxylic acids is 1. The van der Waals surface area contributed by atoms with Gasteiger partial charge in [-0.05, 0) is 31.1 Å². The van der Waals surface area contributed by atoms with Gasteiger partial charge in [0, 0.05) is 30.4 Å². The lowest BCUT2D eigenvalue weighted by molar-refractivity contribution is -0.131. The van der Waals surface area contributed by atoms with Crippen LogP contribution in [-0.2, 0) is 4.79 Å². The zero-order valence-electron chi connectivity index (χ0n) is 11.6. The van der Waals surface area contributed by atoms with Gasteiger partial charge in [-0.25, -0.2) is 9.18 Å². The van der Waals surface area contributed by atoms with Crippen LogP contribution in [0.15, 0.2) is 24.3 Å². The Morgan fingerprint density at radius 2 is 2.05 bits per heavy atom. The van der Waals surface area contributed by atoms with Crippen molar-refractivity contribution in [1.29, 1.82) is 0 Å². The summed E-state index contributed by atoms with van der Waals surface area (Å²) < 4.78 is 13.9. The van der Waals surface area contributed by atoms with Crippen molar-refractivity contribution in [2.75, 3.05) is 11.9 Å². The molecule has 0 aliphatic rings. The van der Waals surface area contributed by atoms with Crippen LogP contribution in [0, 0.1) is 5.82 Å². The molecule has 0 saturated carbocycles. The van der Waals surface area contributed by atoms with Crippen molar-refractivity contribution in [2.45, 2.75) is 32.7 Å². The molecule has 0 aromatic heterocycles. The van der Waals surface area contributed by atoms with E-state index in [1.165, 1.54) is 12.1 Å². The fraction of sp³-hybridized carbons (Fsp3) is 0.400. The molecule has 0 amide bonds. The number of hydrogen-bond donors (Lipinski definition) is 1. The zero-order valence-corrected chi connectivity index (χ0v) is 11.6. The molecule has 3 nitrogen and oxygen atoms in total. The van der Waals surface area contributed by atoms with Crippen molar-refractivity contribution in [1.82, 2.24) is 0 Å². The number of aliphatic carboxylic acids is 1. The third-order valence-electron chi connectivity index (χ3n) is 3.29. The zero-order chi connectivity index (χ0) is 14.4. The summed E-state index contributed by atoms with van der Waals surface area (Å²) >= 11 is 0. The number of hydrogen-bond acceptors (Lipinski definition) is 2. The largest absolute Gasteiger partial charge is 0.478 e. The Bertz CT molecular complexity index is 467. The molecule has 0 bridgehead atoms. The van der Waals surface area contributed by atoms with Crippen LogP contribution in [0.4, 0.5) is 10.1 Å². The van der Waals surface area contributed by atoms with Gasteiger partial charge < -0.3 is 10.0 Å². The number of benzene rings is 1. The monoisotopic (exact) mass is 265 g/mol. The van der Waals surface area contributed by atoms with Crippen molar-refractivity contribution in [2.24, 2.45) is 0 Å². The maximum absolute atomic E-state index is 13.9. The first-order valence-electron chi connectivity index (χ1n) is 6.43. The predicted octanol–water partition coefficient (Wildman–Crippen LogP) is 3.55. The molecule has 1 N–H and O–H groups in total. The quantitative estimate of drug-likeness (QED) is 0.800. The van der Waals surface area contributed by atoms with Crippen molar-refractivity contribution in [3.63, 3.8) is 0 Å². The predicted molar refractivity (Wildman–Crippen MR) is 75.8 cm³/mol. The van der Waals surface area contributed by atoms with E-state index in [2.05, 4.69) is 13.8 Å². The minimum absolute atomic E-state index is 0.304. The SMILES string of the molecule is CCC(CC)N(C)c1cccc(F)c1/C=C/C(=O)O. The highest BCUT2D eigenvalue weighted by Crippen LogP contribution is 2.26. The maximum Gasteiger partial charge on any atom is 0.328 e. The van der Waals surface area contributed by atoms with Gasteiger partial charge >= 0.3 is 5.97 Å². The van der Waals surface area contributed by atoms with Crippen LogP contribution in [0.25, 0.3) is 6.08 Å². The number of anilines is 1. The molecule has 0 fully saturated rings. The molecule has 0 spiro atoms. The molecule has 0 saturated heterocycles. The average molecular weight is 265 g/mol. The van der Waals surface area contributed by atoms with Crippen molar-refractivity contribution in [3.8, 4) is 0 Å². The van der Waals surface area contributed by atoms with Crippen LogP contribution in [0.1, 0.15) is 32.3 Å². The second-order valence-corrected chi connectivity index (χ2v) is 4.43. The fourth-order valence-electron chi connectivity index (χ4n) is 2.19. The molecule has 1 rings (SSSR count). The number of nitrogens with zero attached hydrogens (tertiary/aromatic N) is 1. The summed E-state index contributed by atoms with van der Waals surface area (Å²) in [5.74, 6) is -1.49. The van der Waals surface area contributed by atoms with E-state index in [1.807, 2.05) is 18.0 Å². The van der Waals surface area contributed by atoms with Crippen molar-refractivity contribution < 1.29 is 14.3 Å². The maximum atomic E-state index is 13.9. The standard InChI is InChI=1S/C15H20FNO2/c1-4-11(5-2)17(3)14-8-6-7-13(16)12(14)9-10-15(18)19/h6-11H,4-5H2,1-3H3,(H,18,19)/b10-9+. The molecule has 4 heteroatoms. The highest BCUT2D eigenvalue weighted by atomic mass is 19.1. The molecule has 19 heavy (non-hydrogen) atoms. The minimum Gasteiger partial charge on any atom is -0.478 e. The first-order chi connectivity index (χ1) is 9.01. The van der Waals surface area contributed by atoms with Gasteiger partial charge in [0.05, 0.1) is 0 Å². The summed E-state index contributed by atoms with van der Waals surface area (Å²) in [6, 6.07) is 5.09. The van der Waals surface area contributed by atoms with Crippen LogP contribution in [0.3, 0.4) is 0 Å². The van der Waals surface area contributed by atoms with E-state index in [9.17, 15) is 9.18 Å². The topological polar surface area (TPSA) is 40.5 Å². The van der Waals surface area contributed by atoms with E-state index in [4.69, 9.17) is 5.11 Å². The number of carboxylic acid groups (broad SMARTS) is 1. The number of rotatable bonds is 6. The first kappa shape index (κ1) is 15.2. The van der Waals surface area contributed by atoms with Crippen LogP contribution in [0.5, 0.6) is 0 Å². The highest BCUT2D eigenvalue weighted by molar-refractivity contribution is 5.87. The van der Waals surface area contributed by atoms with E-state index in [-0.39, 0.29) is 0 Å². The molecular weight excluding hydrogens is 245 g/mol. The number of carbonyl (C=O) groups is 1. The third-order valence-corrected chi connectivity index (χ3v) is 3.29. The van der Waals surface area contributed by atoms with Gasteiger partial charge in [-0.3, -0.25) is 0 Å². The van der Waals surface area contributed by atoms with E-state index in [1.54, 1.807) is 6.07 Å². The molecule has 1 aromatic carbocycles. The minimum atomic E-state index is -1.08. The Labute approximate surface area is 113 Å². The summed E-state index contributed by atoms with van der Waals surface area (Å²) in [6.45, 7) is 4.16. The summed E-state index contributed by atoms with van der Waals surface area (Å²) in [7, 11) is 1.91. The van der Waals surface area contributed by atoms with Crippen molar-refractivity contribution in [3.05, 3.63) is 35.7 Å². The second kappa shape index (κ2) is 6.92. The molecular formula is C15H20FNO2. The smallest absolute Gasteiger partial charge is 0.328 e. The second-order valence-electron chi connectivity index (χ2n) is 4.43. The van der Waals surface area contributed by atoms with Gasteiger partial charge in [0.25, 0.3) is 0 Å². The highest BCUT2D eigenvalue weighted by Gasteiger charge is 2.15.